The van der Waals surface area contributed by atoms with Crippen molar-refractivity contribution in [2.75, 3.05) is 13.2 Å². The second-order valence-electron chi connectivity index (χ2n) is 7.44. The van der Waals surface area contributed by atoms with E-state index in [0.29, 0.717) is 6.10 Å². The van der Waals surface area contributed by atoms with Gasteiger partial charge in [0.05, 0.1) is 18.3 Å². The fourth-order valence-corrected chi connectivity index (χ4v) is 4.35. The quantitative estimate of drug-likeness (QED) is 0.860. The second kappa shape index (κ2) is 6.33. The van der Waals surface area contributed by atoms with Crippen LogP contribution in [0, 0.1) is 0 Å². The second-order valence-corrected chi connectivity index (χ2v) is 7.44. The highest BCUT2D eigenvalue weighted by molar-refractivity contribution is 4.92. The molecule has 0 aromatic carbocycles. The summed E-state index contributed by atoms with van der Waals surface area (Å²) in [5, 5.41) is 0. The van der Waals surface area contributed by atoms with E-state index >= 15 is 0 Å². The van der Waals surface area contributed by atoms with E-state index in [4.69, 9.17) is 15.2 Å². The zero-order valence-electron chi connectivity index (χ0n) is 12.9. The lowest BCUT2D eigenvalue weighted by atomic mass is 9.78. The van der Waals surface area contributed by atoms with E-state index in [1.807, 2.05) is 0 Å². The summed E-state index contributed by atoms with van der Waals surface area (Å²) in [6.45, 7) is 1.63. The molecule has 0 bridgehead atoms. The van der Waals surface area contributed by atoms with Gasteiger partial charge in [-0.1, -0.05) is 38.5 Å². The molecule has 2 saturated carbocycles. The van der Waals surface area contributed by atoms with Gasteiger partial charge in [-0.2, -0.15) is 0 Å². The maximum atomic E-state index is 6.49. The fraction of sp³-hybridized carbons (Fsp3) is 1.00. The molecule has 1 unspecified atom stereocenters. The van der Waals surface area contributed by atoms with Gasteiger partial charge < -0.3 is 15.2 Å². The van der Waals surface area contributed by atoms with E-state index in [2.05, 4.69) is 0 Å². The molecule has 1 spiro atoms. The molecule has 0 aromatic heterocycles. The molecule has 3 fully saturated rings. The van der Waals surface area contributed by atoms with Crippen LogP contribution >= 0.6 is 0 Å². The Morgan fingerprint density at radius 1 is 0.950 bits per heavy atom. The first-order valence-corrected chi connectivity index (χ1v) is 8.74. The molecule has 116 valence electrons. The molecule has 1 aliphatic heterocycles. The summed E-state index contributed by atoms with van der Waals surface area (Å²) in [5.74, 6) is 0. The molecule has 3 nitrogen and oxygen atoms in total. The third-order valence-corrected chi connectivity index (χ3v) is 5.67. The Bertz CT molecular complexity index is 301. The van der Waals surface area contributed by atoms with Crippen LogP contribution in [0.1, 0.15) is 77.0 Å². The van der Waals surface area contributed by atoms with Crippen molar-refractivity contribution < 1.29 is 9.47 Å². The monoisotopic (exact) mass is 281 g/mol. The molecule has 0 aromatic rings. The molecule has 1 atom stereocenters. The summed E-state index contributed by atoms with van der Waals surface area (Å²) in [6, 6.07) is 0. The Labute approximate surface area is 123 Å². The molecule has 3 heteroatoms. The van der Waals surface area contributed by atoms with Crippen LogP contribution in [0.3, 0.4) is 0 Å². The normalized spacial score (nSPS) is 33.1. The minimum Gasteiger partial charge on any atom is -0.376 e. The van der Waals surface area contributed by atoms with Gasteiger partial charge in [0.1, 0.15) is 0 Å². The van der Waals surface area contributed by atoms with Crippen LogP contribution in [-0.4, -0.2) is 30.5 Å². The number of hydrogen-bond donors (Lipinski definition) is 1. The summed E-state index contributed by atoms with van der Waals surface area (Å²) < 4.78 is 12.4. The molecule has 1 saturated heterocycles. The highest BCUT2D eigenvalue weighted by Crippen LogP contribution is 2.39. The first-order valence-electron chi connectivity index (χ1n) is 8.74. The molecule has 2 aliphatic carbocycles. The third kappa shape index (κ3) is 3.55. The lowest BCUT2D eigenvalue weighted by Gasteiger charge is -2.44. The van der Waals surface area contributed by atoms with Gasteiger partial charge in [-0.3, -0.25) is 0 Å². The largest absolute Gasteiger partial charge is 0.376 e. The molecule has 0 radical (unpaired) electrons. The standard InChI is InChI=1S/C17H31NO2/c18-16(8-3-1-4-9-16)14-19-15-7-12-20-17(13-15)10-5-2-6-11-17/h15H,1-14,18H2. The maximum Gasteiger partial charge on any atom is 0.0707 e. The average Bonchev–Trinajstić information content (AvgIpc) is 2.47. The molecule has 1 heterocycles. The Balaban J connectivity index is 1.49. The molecule has 20 heavy (non-hydrogen) atoms. The van der Waals surface area contributed by atoms with Gasteiger partial charge in [0.15, 0.2) is 0 Å². The van der Waals surface area contributed by atoms with Crippen molar-refractivity contribution in [3.05, 3.63) is 0 Å². The summed E-state index contributed by atoms with van der Waals surface area (Å²) in [5.41, 5.74) is 6.59. The van der Waals surface area contributed by atoms with Gasteiger partial charge in [-0.15, -0.1) is 0 Å². The van der Waals surface area contributed by atoms with E-state index < -0.39 is 0 Å². The first-order chi connectivity index (χ1) is 9.70. The first kappa shape index (κ1) is 14.8. The highest BCUT2D eigenvalue weighted by Gasteiger charge is 2.39. The summed E-state index contributed by atoms with van der Waals surface area (Å²) in [6.07, 6.45) is 15.2. The average molecular weight is 281 g/mol. The van der Waals surface area contributed by atoms with Crippen LogP contribution < -0.4 is 5.73 Å². The number of hydrogen-bond acceptors (Lipinski definition) is 3. The van der Waals surface area contributed by atoms with Crippen molar-refractivity contribution in [2.45, 2.75) is 94.3 Å². The minimum atomic E-state index is -0.0454. The predicted molar refractivity (Wildman–Crippen MR) is 80.7 cm³/mol. The fourth-order valence-electron chi connectivity index (χ4n) is 4.35. The van der Waals surface area contributed by atoms with Gasteiger partial charge >= 0.3 is 0 Å². The lowest BCUT2D eigenvalue weighted by Crippen LogP contribution is -2.49. The van der Waals surface area contributed by atoms with E-state index in [9.17, 15) is 0 Å². The van der Waals surface area contributed by atoms with Crippen LogP contribution in [0.25, 0.3) is 0 Å². The van der Waals surface area contributed by atoms with Crippen LogP contribution in [0.5, 0.6) is 0 Å². The van der Waals surface area contributed by atoms with Crippen LogP contribution in [0.15, 0.2) is 0 Å². The van der Waals surface area contributed by atoms with Gasteiger partial charge in [0.25, 0.3) is 0 Å². The molecular weight excluding hydrogens is 250 g/mol. The van der Waals surface area contributed by atoms with Crippen molar-refractivity contribution in [1.82, 2.24) is 0 Å². The molecular formula is C17H31NO2. The molecule has 3 rings (SSSR count). The number of nitrogens with two attached hydrogens (primary N) is 1. The Morgan fingerprint density at radius 2 is 1.60 bits per heavy atom. The molecule has 3 aliphatic rings. The third-order valence-electron chi connectivity index (χ3n) is 5.67. The summed E-state index contributed by atoms with van der Waals surface area (Å²) >= 11 is 0. The van der Waals surface area contributed by atoms with Crippen molar-refractivity contribution >= 4 is 0 Å². The van der Waals surface area contributed by atoms with Crippen molar-refractivity contribution in [2.24, 2.45) is 5.73 Å². The number of ether oxygens (including phenoxy) is 2. The summed E-state index contributed by atoms with van der Waals surface area (Å²) in [7, 11) is 0. The summed E-state index contributed by atoms with van der Waals surface area (Å²) in [4.78, 5) is 0. The Kier molecular flexibility index (Phi) is 4.68. The van der Waals surface area contributed by atoms with Gasteiger partial charge in [-0.25, -0.2) is 0 Å². The lowest BCUT2D eigenvalue weighted by molar-refractivity contribution is -0.153. The van der Waals surface area contributed by atoms with Crippen LogP contribution in [0.4, 0.5) is 0 Å². The van der Waals surface area contributed by atoms with E-state index in [1.54, 1.807) is 0 Å². The zero-order chi connectivity index (χ0) is 13.9. The highest BCUT2D eigenvalue weighted by atomic mass is 16.5. The van der Waals surface area contributed by atoms with Crippen molar-refractivity contribution in [3.8, 4) is 0 Å². The van der Waals surface area contributed by atoms with Crippen molar-refractivity contribution in [3.63, 3.8) is 0 Å². The maximum absolute atomic E-state index is 6.49. The van der Waals surface area contributed by atoms with E-state index in [1.165, 1.54) is 51.4 Å². The van der Waals surface area contributed by atoms with Gasteiger partial charge in [0, 0.05) is 18.6 Å². The topological polar surface area (TPSA) is 44.5 Å². The molecule has 0 amide bonds. The van der Waals surface area contributed by atoms with Gasteiger partial charge in [0.2, 0.25) is 0 Å². The molecule has 2 N–H and O–H groups in total. The van der Waals surface area contributed by atoms with Crippen LogP contribution in [-0.2, 0) is 9.47 Å². The smallest absolute Gasteiger partial charge is 0.0707 e. The zero-order valence-corrected chi connectivity index (χ0v) is 12.9. The Hall–Kier alpha value is -0.120. The van der Waals surface area contributed by atoms with E-state index in [0.717, 1.165) is 38.9 Å². The Morgan fingerprint density at radius 3 is 2.30 bits per heavy atom. The van der Waals surface area contributed by atoms with Crippen molar-refractivity contribution in [1.29, 1.82) is 0 Å². The van der Waals surface area contributed by atoms with Gasteiger partial charge in [-0.05, 0) is 32.1 Å². The predicted octanol–water partition coefficient (Wildman–Crippen LogP) is 3.55. The van der Waals surface area contributed by atoms with E-state index in [-0.39, 0.29) is 11.1 Å². The SMILES string of the molecule is NC1(COC2CCOC3(CCCCC3)C2)CCCCC1. The number of rotatable bonds is 3. The minimum absolute atomic E-state index is 0.0454. The van der Waals surface area contributed by atoms with Crippen LogP contribution in [0.2, 0.25) is 0 Å².